The van der Waals surface area contributed by atoms with Gasteiger partial charge in [0.15, 0.2) is 0 Å². The fraction of sp³-hybridized carbons (Fsp3) is 0.714. The number of fused-ring (bicyclic) bond motifs is 4. The number of carbonyl (C=O) groups excluding carboxylic acids is 2. The summed E-state index contributed by atoms with van der Waals surface area (Å²) in [5.41, 5.74) is 2.44. The number of ether oxygens (including phenoxy) is 2. The predicted octanol–water partition coefficient (Wildman–Crippen LogP) is 7.04. The minimum atomic E-state index is -0.823. The van der Waals surface area contributed by atoms with Crippen LogP contribution in [-0.4, -0.2) is 143 Å². The Morgan fingerprint density at radius 2 is 1.18 bits per heavy atom. The molecule has 2 aliphatic heterocycles. The van der Waals surface area contributed by atoms with Crippen molar-refractivity contribution >= 4 is 57.0 Å². The highest BCUT2D eigenvalue weighted by molar-refractivity contribution is 14.1. The summed E-state index contributed by atoms with van der Waals surface area (Å²) in [6.45, 7) is 22.7. The monoisotopic (exact) mass is 1240 g/mol. The number of nitrogens with zero attached hydrogens (tertiary/aromatic N) is 3. The van der Waals surface area contributed by atoms with E-state index >= 15 is 0 Å². The van der Waals surface area contributed by atoms with Crippen LogP contribution < -0.4 is 20.1 Å². The van der Waals surface area contributed by atoms with Gasteiger partial charge in [-0.2, -0.15) is 10.1 Å². The van der Waals surface area contributed by atoms with Gasteiger partial charge >= 0.3 is 0 Å². The number of para-hydroxylation sites is 2. The lowest BCUT2D eigenvalue weighted by Crippen LogP contribution is -2.62. The number of hydrogen-bond donors (Lipinski definition) is 6. The summed E-state index contributed by atoms with van der Waals surface area (Å²) in [5, 5.41) is 51.3. The van der Waals surface area contributed by atoms with Gasteiger partial charge in [-0.15, -0.1) is 0 Å². The molecular formula is C56H87I2N5O10. The Balaban J connectivity index is 0.000000235. The van der Waals surface area contributed by atoms with E-state index in [1.807, 2.05) is 50.5 Å². The molecule has 10 rings (SSSR count). The van der Waals surface area contributed by atoms with Crippen LogP contribution in [0.25, 0.3) is 0 Å². The number of nitrogens with one attached hydrogen (secondary N) is 2. The normalized spacial score (nSPS) is 33.7. The third-order valence-corrected chi connectivity index (χ3v) is 19.7. The topological polar surface area (TPSA) is 186 Å². The lowest BCUT2D eigenvalue weighted by Gasteiger charge is -2.62. The van der Waals surface area contributed by atoms with E-state index < -0.39 is 48.3 Å². The van der Waals surface area contributed by atoms with E-state index in [2.05, 4.69) is 109 Å². The summed E-state index contributed by atoms with van der Waals surface area (Å²) in [6, 6.07) is 10.6. The van der Waals surface area contributed by atoms with Crippen molar-refractivity contribution in [2.24, 2.45) is 58.2 Å². The van der Waals surface area contributed by atoms with E-state index in [1.54, 1.807) is 30.0 Å². The minimum absolute atomic E-state index is 0. The van der Waals surface area contributed by atoms with Crippen molar-refractivity contribution in [2.75, 3.05) is 47.1 Å². The number of halogens is 2. The van der Waals surface area contributed by atoms with Gasteiger partial charge in [0.2, 0.25) is 11.8 Å². The third kappa shape index (κ3) is 12.6. The van der Waals surface area contributed by atoms with Crippen LogP contribution in [0, 0.1) is 65.3 Å². The number of hydroxylamine groups is 4. The van der Waals surface area contributed by atoms with E-state index in [9.17, 15) is 30.0 Å². The maximum atomic E-state index is 13.9. The number of benzene rings is 2. The number of aliphatic hydroxyl groups is 4. The van der Waals surface area contributed by atoms with Crippen LogP contribution in [0.1, 0.15) is 99.6 Å². The van der Waals surface area contributed by atoms with Gasteiger partial charge in [0, 0.05) is 41.6 Å². The smallest absolute Gasteiger partial charge is 0.240 e. The first-order valence-electron chi connectivity index (χ1n) is 26.2. The molecule has 16 atom stereocenters. The van der Waals surface area contributed by atoms with Crippen molar-refractivity contribution in [3.05, 3.63) is 67.3 Å². The number of carbonyl (C=O) groups is 2. The van der Waals surface area contributed by atoms with Crippen LogP contribution >= 0.6 is 45.2 Å². The number of hydrogen-bond acceptors (Lipinski definition) is 13. The summed E-state index contributed by atoms with van der Waals surface area (Å²) in [5.74, 6) is 3.36. The average molecular weight is 1240 g/mol. The molecule has 2 aromatic rings. The molecule has 6 aliphatic carbocycles. The van der Waals surface area contributed by atoms with Gasteiger partial charge in [0.25, 0.3) is 0 Å². The molecule has 2 saturated heterocycles. The van der Waals surface area contributed by atoms with Crippen LogP contribution in [-0.2, 0) is 32.4 Å². The molecular weight excluding hydrogens is 1160 g/mol. The van der Waals surface area contributed by atoms with Gasteiger partial charge < -0.3 is 45.4 Å². The van der Waals surface area contributed by atoms with Crippen LogP contribution in [0.15, 0.2) is 49.1 Å². The molecule has 0 spiro atoms. The molecule has 73 heavy (non-hydrogen) atoms. The lowest BCUT2D eigenvalue weighted by atomic mass is 9.45. The van der Waals surface area contributed by atoms with Crippen molar-refractivity contribution in [3.63, 3.8) is 0 Å². The Morgan fingerprint density at radius 1 is 0.767 bits per heavy atom. The highest BCUT2D eigenvalue weighted by Crippen LogP contribution is 2.62. The quantitative estimate of drug-likeness (QED) is 0.0622. The highest BCUT2D eigenvalue weighted by Gasteiger charge is 2.59. The zero-order chi connectivity index (χ0) is 52.6. The molecule has 17 heteroatoms. The van der Waals surface area contributed by atoms with E-state index in [4.69, 9.17) is 19.1 Å². The summed E-state index contributed by atoms with van der Waals surface area (Å²) >= 11 is 4.49. The number of rotatable bonds is 19. The molecule has 8 fully saturated rings. The van der Waals surface area contributed by atoms with Crippen molar-refractivity contribution in [2.45, 2.75) is 150 Å². The van der Waals surface area contributed by atoms with E-state index in [-0.39, 0.29) is 44.5 Å². The first kappa shape index (κ1) is 60.1. The Hall–Kier alpha value is -2.18. The molecule has 6 saturated carbocycles. The van der Waals surface area contributed by atoms with Gasteiger partial charge in [-0.05, 0) is 157 Å². The second-order valence-electron chi connectivity index (χ2n) is 23.2. The van der Waals surface area contributed by atoms with Crippen molar-refractivity contribution < 1.29 is 49.2 Å². The summed E-state index contributed by atoms with van der Waals surface area (Å²) in [4.78, 5) is 41.9. The highest BCUT2D eigenvalue weighted by atomic mass is 127. The summed E-state index contributed by atoms with van der Waals surface area (Å²) < 4.78 is 14.0. The minimum Gasteiger partial charge on any atom is -0.491 e. The Kier molecular flexibility index (Phi) is 20.6. The fourth-order valence-electron chi connectivity index (χ4n) is 13.5. The molecule has 0 unspecified atom stereocenters. The Bertz CT molecular complexity index is 2200. The van der Waals surface area contributed by atoms with Crippen molar-refractivity contribution in [1.82, 2.24) is 25.7 Å². The molecule has 0 aromatic heterocycles. The number of amides is 2. The molecule has 2 heterocycles. The molecule has 0 radical (unpaired) electrons. The maximum absolute atomic E-state index is 13.9. The molecule has 410 valence electrons. The SMILES string of the molecule is C.C=CCOc1c(I)cccc1CN1O[C@@H](CO)[C@@H]([C@H](C)O)[C@H]1C(=O)N[C@H]1C[C@H]2C[C@@H]([C@@H]1C)C2(C)C.C[C@@H]1[C@@H](NC(=O)[C@@H]2[C@H]([C@H](C)O)[C@H](CO)ON2Cc2cccc(I)c2OCCN(C)C)C[C@H]2C[C@@H]1C2(C)C. The van der Waals surface area contributed by atoms with Crippen molar-refractivity contribution in [3.8, 4) is 11.5 Å². The number of likely N-dealkylation sites (N-methyl/N-ethyl adjacent to an activating group) is 1. The van der Waals surface area contributed by atoms with Crippen LogP contribution in [0.2, 0.25) is 0 Å². The zero-order valence-electron chi connectivity index (χ0n) is 44.1. The predicted molar refractivity (Wildman–Crippen MR) is 300 cm³/mol. The van der Waals surface area contributed by atoms with E-state index in [0.29, 0.717) is 72.6 Å². The van der Waals surface area contributed by atoms with Crippen LogP contribution in [0.4, 0.5) is 0 Å². The molecule has 6 N–H and O–H groups in total. The van der Waals surface area contributed by atoms with Crippen LogP contribution in [0.3, 0.4) is 0 Å². The second-order valence-corrected chi connectivity index (χ2v) is 25.5. The number of aliphatic hydroxyl groups excluding tert-OH is 4. The van der Waals surface area contributed by atoms with Gasteiger partial charge in [0.1, 0.15) is 49.0 Å². The summed E-state index contributed by atoms with van der Waals surface area (Å²) in [7, 11) is 4.01. The Morgan fingerprint density at radius 3 is 1.52 bits per heavy atom. The van der Waals surface area contributed by atoms with E-state index in [0.717, 1.165) is 49.2 Å². The lowest BCUT2D eigenvalue weighted by molar-refractivity contribution is -0.183. The maximum Gasteiger partial charge on any atom is 0.240 e. The molecule has 2 amide bonds. The first-order valence-corrected chi connectivity index (χ1v) is 28.3. The zero-order valence-corrected chi connectivity index (χ0v) is 48.4. The molecule has 4 bridgehead atoms. The second kappa shape index (κ2) is 25.1. The third-order valence-electron chi connectivity index (χ3n) is 18.0. The van der Waals surface area contributed by atoms with Gasteiger partial charge in [-0.1, -0.05) is 85.9 Å². The molecule has 8 aliphatic rings. The summed E-state index contributed by atoms with van der Waals surface area (Å²) in [6.07, 6.45) is 3.16. The van der Waals surface area contributed by atoms with Gasteiger partial charge in [-0.25, -0.2) is 0 Å². The van der Waals surface area contributed by atoms with E-state index in [1.165, 1.54) is 12.8 Å². The Labute approximate surface area is 463 Å². The largest absolute Gasteiger partial charge is 0.491 e. The molecule has 15 nitrogen and oxygen atoms in total. The van der Waals surface area contributed by atoms with Crippen LogP contribution in [0.5, 0.6) is 11.5 Å². The standard InChI is InChI=1S/C28H44IN3O5.C27H39IN2O5.CH4/c1-16-20-12-19(28(20,3)4)13-22(16)30-27(35)25-24(17(2)34)23(15-33)37-32(25)14-18-8-7-9-21(29)26(18)36-11-10-31(5)6;1-6-10-34-25-17(8-7-9-20(25)28)13-30-24(23(16(3)32)22(14-31)35-30)26(33)29-21-12-18-11-19(15(21)2)27(18,4)5;/h7-9,16-17,19-20,22-25,33-34H,10-15H2,1-6H3,(H,30,35);6-9,15-16,18-19,21-24,31-32H,1,10-14H2,2-5H3,(H,29,33);1H4/t16-,17-,19+,20-,22-,23-,24+,25-;15-,16-,18+,19-,21-,22-,23+,24-;/m00./s1. The van der Waals surface area contributed by atoms with Crippen molar-refractivity contribution in [1.29, 1.82) is 0 Å². The van der Waals surface area contributed by atoms with Gasteiger partial charge in [0.05, 0.1) is 45.7 Å². The fourth-order valence-corrected chi connectivity index (χ4v) is 14.9. The van der Waals surface area contributed by atoms with Gasteiger partial charge in [-0.3, -0.25) is 19.3 Å². The first-order chi connectivity index (χ1) is 34.0. The average Bonchev–Trinajstić information content (AvgIpc) is 3.89. The molecule has 2 aromatic carbocycles.